The molecule has 9 nitrogen and oxygen atoms in total. The molecule has 0 bridgehead atoms. The van der Waals surface area contributed by atoms with Crippen molar-refractivity contribution >= 4 is 23.1 Å². The van der Waals surface area contributed by atoms with Crippen LogP contribution >= 0.6 is 0 Å². The van der Waals surface area contributed by atoms with E-state index in [4.69, 9.17) is 9.15 Å². The van der Waals surface area contributed by atoms with Gasteiger partial charge < -0.3 is 19.2 Å². The van der Waals surface area contributed by atoms with Crippen LogP contribution < -0.4 is 4.74 Å². The minimum absolute atomic E-state index is 0.0313. The fourth-order valence-corrected chi connectivity index (χ4v) is 3.71. The van der Waals surface area contributed by atoms with Gasteiger partial charge in [0.15, 0.2) is 11.6 Å². The first-order chi connectivity index (χ1) is 15.8. The molecule has 0 saturated carbocycles. The molecule has 10 heteroatoms. The number of hydrogen-bond donors (Lipinski definition) is 1. The normalized spacial score (nSPS) is 17.4. The molecule has 0 spiro atoms. The number of nitro groups is 1. The molecule has 1 N–H and O–H groups in total. The number of furan rings is 1. The van der Waals surface area contributed by atoms with Gasteiger partial charge >= 0.3 is 0 Å². The van der Waals surface area contributed by atoms with Crippen LogP contribution in [0.3, 0.4) is 0 Å². The lowest BCUT2D eigenvalue weighted by Crippen LogP contribution is -2.29. The Hall–Kier alpha value is -4.47. The second-order valence-electron chi connectivity index (χ2n) is 7.20. The average molecular weight is 452 g/mol. The number of aliphatic hydroxyl groups excluding tert-OH is 1. The Morgan fingerprint density at radius 2 is 1.94 bits per heavy atom. The number of likely N-dealkylation sites (tertiary alicyclic amines) is 1. The number of carbonyl (C=O) groups is 2. The van der Waals surface area contributed by atoms with E-state index < -0.39 is 34.2 Å². The Morgan fingerprint density at radius 1 is 1.21 bits per heavy atom. The maximum Gasteiger partial charge on any atom is 0.296 e. The molecule has 1 aliphatic heterocycles. The third-order valence-electron chi connectivity index (χ3n) is 5.29. The Labute approximate surface area is 186 Å². The van der Waals surface area contributed by atoms with Crippen molar-refractivity contribution in [2.75, 3.05) is 7.11 Å². The lowest BCUT2D eigenvalue weighted by atomic mass is 9.95. The molecule has 168 valence electrons. The monoisotopic (exact) mass is 452 g/mol. The number of hydrogen-bond acceptors (Lipinski definition) is 7. The number of aliphatic hydroxyl groups is 1. The van der Waals surface area contributed by atoms with Crippen LogP contribution in [0.15, 0.2) is 70.9 Å². The standard InChI is InChI=1S/C23H17FN2O7/c1-32-18-9-6-14(11-17(18)24)21(27)19-20(13-4-7-15(8-5-13)26(30)31)25(23(29)22(19)28)12-16-3-2-10-33-16/h2-11,20,27H,12H2,1H3. The number of amides is 1. The van der Waals surface area contributed by atoms with E-state index in [-0.39, 0.29) is 29.1 Å². The molecule has 4 rings (SSSR count). The second kappa shape index (κ2) is 8.58. The number of benzene rings is 2. The van der Waals surface area contributed by atoms with Gasteiger partial charge in [-0.2, -0.15) is 0 Å². The van der Waals surface area contributed by atoms with Crippen LogP contribution in [0.1, 0.15) is 22.9 Å². The highest BCUT2D eigenvalue weighted by Crippen LogP contribution is 2.41. The van der Waals surface area contributed by atoms with E-state index in [2.05, 4.69) is 0 Å². The summed E-state index contributed by atoms with van der Waals surface area (Å²) in [7, 11) is 1.28. The lowest BCUT2D eigenvalue weighted by Gasteiger charge is -2.24. The van der Waals surface area contributed by atoms with E-state index in [0.717, 1.165) is 6.07 Å². The van der Waals surface area contributed by atoms with Crippen molar-refractivity contribution in [2.45, 2.75) is 12.6 Å². The van der Waals surface area contributed by atoms with E-state index in [0.29, 0.717) is 11.3 Å². The minimum atomic E-state index is -1.08. The number of methoxy groups -OCH3 is 1. The summed E-state index contributed by atoms with van der Waals surface area (Å²) >= 11 is 0. The highest BCUT2D eigenvalue weighted by atomic mass is 19.1. The lowest BCUT2D eigenvalue weighted by molar-refractivity contribution is -0.384. The molecule has 1 atom stereocenters. The predicted molar refractivity (Wildman–Crippen MR) is 113 cm³/mol. The molecular weight excluding hydrogens is 435 g/mol. The maximum absolute atomic E-state index is 14.2. The van der Waals surface area contributed by atoms with Gasteiger partial charge in [0.05, 0.1) is 36.5 Å². The van der Waals surface area contributed by atoms with Gasteiger partial charge in [-0.3, -0.25) is 19.7 Å². The summed E-state index contributed by atoms with van der Waals surface area (Å²) in [6.07, 6.45) is 1.41. The number of nitro benzene ring substituents is 1. The number of rotatable bonds is 6. The summed E-state index contributed by atoms with van der Waals surface area (Å²) in [5.41, 5.74) is -0.137. The van der Waals surface area contributed by atoms with Crippen LogP contribution in [-0.4, -0.2) is 33.7 Å². The van der Waals surface area contributed by atoms with Crippen molar-refractivity contribution in [3.63, 3.8) is 0 Å². The fraction of sp³-hybridized carbons (Fsp3) is 0.130. The Morgan fingerprint density at radius 3 is 2.52 bits per heavy atom. The van der Waals surface area contributed by atoms with Gasteiger partial charge in [-0.05, 0) is 48.0 Å². The molecule has 1 saturated heterocycles. The molecule has 0 aliphatic carbocycles. The largest absolute Gasteiger partial charge is 0.507 e. The molecule has 1 amide bonds. The van der Waals surface area contributed by atoms with Gasteiger partial charge in [0.2, 0.25) is 0 Å². The molecule has 1 fully saturated rings. The van der Waals surface area contributed by atoms with E-state index in [9.17, 15) is 29.2 Å². The van der Waals surface area contributed by atoms with Gasteiger partial charge in [0.25, 0.3) is 17.4 Å². The van der Waals surface area contributed by atoms with Crippen LogP contribution in [0.2, 0.25) is 0 Å². The van der Waals surface area contributed by atoms with Crippen molar-refractivity contribution in [1.29, 1.82) is 0 Å². The first-order valence-electron chi connectivity index (χ1n) is 9.71. The smallest absolute Gasteiger partial charge is 0.296 e. The Kier molecular flexibility index (Phi) is 5.65. The van der Waals surface area contributed by atoms with Gasteiger partial charge in [-0.15, -0.1) is 0 Å². The summed E-state index contributed by atoms with van der Waals surface area (Å²) in [5.74, 6) is -2.89. The summed E-state index contributed by atoms with van der Waals surface area (Å²) in [6, 6.07) is 11.0. The van der Waals surface area contributed by atoms with Gasteiger partial charge in [-0.1, -0.05) is 0 Å². The van der Waals surface area contributed by atoms with Crippen molar-refractivity contribution < 1.29 is 33.2 Å². The summed E-state index contributed by atoms with van der Waals surface area (Å²) < 4.78 is 24.4. The van der Waals surface area contributed by atoms with Crippen LogP contribution in [0.4, 0.5) is 10.1 Å². The zero-order valence-electron chi connectivity index (χ0n) is 17.2. The quantitative estimate of drug-likeness (QED) is 0.197. The number of nitrogens with zero attached hydrogens (tertiary/aromatic N) is 2. The second-order valence-corrected chi connectivity index (χ2v) is 7.20. The molecule has 1 aliphatic rings. The van der Waals surface area contributed by atoms with Crippen molar-refractivity contribution in [3.05, 3.63) is 99.3 Å². The van der Waals surface area contributed by atoms with Crippen molar-refractivity contribution in [1.82, 2.24) is 4.90 Å². The van der Waals surface area contributed by atoms with Crippen LogP contribution in [0.25, 0.3) is 5.76 Å². The van der Waals surface area contributed by atoms with Crippen molar-refractivity contribution in [2.24, 2.45) is 0 Å². The predicted octanol–water partition coefficient (Wildman–Crippen LogP) is 3.96. The number of non-ortho nitro benzene ring substituents is 1. The van der Waals surface area contributed by atoms with E-state index in [1.165, 1.54) is 54.7 Å². The summed E-state index contributed by atoms with van der Waals surface area (Å²) in [6.45, 7) is -0.0903. The van der Waals surface area contributed by atoms with E-state index in [1.807, 2.05) is 0 Å². The number of carbonyl (C=O) groups excluding carboxylic acids is 2. The van der Waals surface area contributed by atoms with Gasteiger partial charge in [0.1, 0.15) is 11.5 Å². The van der Waals surface area contributed by atoms with Gasteiger partial charge in [-0.25, -0.2) is 4.39 Å². The number of Topliss-reactive ketones (excluding diaryl/α,β-unsaturated/α-hetero) is 1. The third kappa shape index (κ3) is 3.93. The fourth-order valence-electron chi connectivity index (χ4n) is 3.71. The minimum Gasteiger partial charge on any atom is -0.507 e. The summed E-state index contributed by atoms with van der Waals surface area (Å²) in [4.78, 5) is 37.5. The molecule has 2 aromatic carbocycles. The number of ether oxygens (including phenoxy) is 1. The van der Waals surface area contributed by atoms with Crippen LogP contribution in [0, 0.1) is 15.9 Å². The van der Waals surface area contributed by atoms with E-state index in [1.54, 1.807) is 12.1 Å². The molecule has 0 radical (unpaired) electrons. The molecule has 33 heavy (non-hydrogen) atoms. The zero-order chi connectivity index (χ0) is 23.7. The topological polar surface area (TPSA) is 123 Å². The van der Waals surface area contributed by atoms with E-state index >= 15 is 0 Å². The third-order valence-corrected chi connectivity index (χ3v) is 5.29. The molecule has 1 aromatic heterocycles. The van der Waals surface area contributed by atoms with Crippen molar-refractivity contribution in [3.8, 4) is 5.75 Å². The first-order valence-corrected chi connectivity index (χ1v) is 9.71. The number of ketones is 1. The van der Waals surface area contributed by atoms with Crippen LogP contribution in [-0.2, 0) is 16.1 Å². The SMILES string of the molecule is COc1ccc(C(O)=C2C(=O)C(=O)N(Cc3ccco3)C2c2ccc([N+](=O)[O-])cc2)cc1F. The maximum atomic E-state index is 14.2. The molecule has 1 unspecified atom stereocenters. The highest BCUT2D eigenvalue weighted by Gasteiger charge is 2.46. The average Bonchev–Trinajstić information content (AvgIpc) is 3.41. The zero-order valence-corrected chi connectivity index (χ0v) is 17.2. The highest BCUT2D eigenvalue weighted by molar-refractivity contribution is 6.46. The Balaban J connectivity index is 1.86. The molecular formula is C23H17FN2O7. The van der Waals surface area contributed by atoms with Gasteiger partial charge in [0, 0.05) is 17.7 Å². The Bertz CT molecular complexity index is 1270. The first kappa shape index (κ1) is 21.8. The number of halogens is 1. The summed E-state index contributed by atoms with van der Waals surface area (Å²) in [5, 5.41) is 22.0. The molecule has 3 aromatic rings. The van der Waals surface area contributed by atoms with Crippen LogP contribution in [0.5, 0.6) is 5.75 Å². The molecule has 2 heterocycles.